The second kappa shape index (κ2) is 8.68. The van der Waals surface area contributed by atoms with Crippen LogP contribution in [-0.2, 0) is 16.0 Å². The Morgan fingerprint density at radius 1 is 1.14 bits per heavy atom. The highest BCUT2D eigenvalue weighted by Crippen LogP contribution is 2.37. The number of rotatable bonds is 6. The van der Waals surface area contributed by atoms with Crippen LogP contribution >= 0.6 is 0 Å². The number of carbonyl (C=O) groups excluding carboxylic acids is 2. The average Bonchev–Trinajstić information content (AvgIpc) is 2.99. The van der Waals surface area contributed by atoms with Crippen LogP contribution in [0.3, 0.4) is 0 Å². The maximum Gasteiger partial charge on any atom is 0.309 e. The topological polar surface area (TPSA) is 73.2 Å². The smallest absolute Gasteiger partial charge is 0.309 e. The molecule has 0 atom stereocenters. The molecule has 6 nitrogen and oxygen atoms in total. The molecule has 150 valence electrons. The van der Waals surface area contributed by atoms with Crippen LogP contribution in [-0.4, -0.2) is 21.7 Å². The van der Waals surface area contributed by atoms with Crippen molar-refractivity contribution in [3.05, 3.63) is 60.0 Å². The van der Waals surface area contributed by atoms with E-state index in [9.17, 15) is 14.0 Å². The lowest BCUT2D eigenvalue weighted by Crippen LogP contribution is -2.08. The van der Waals surface area contributed by atoms with Crippen molar-refractivity contribution in [1.29, 1.82) is 0 Å². The molecule has 29 heavy (non-hydrogen) atoms. The fourth-order valence-electron chi connectivity index (χ4n) is 3.08. The Morgan fingerprint density at radius 2 is 1.86 bits per heavy atom. The Morgan fingerprint density at radius 3 is 2.45 bits per heavy atom. The van der Waals surface area contributed by atoms with Gasteiger partial charge in [-0.25, -0.2) is 4.39 Å². The Balaban J connectivity index is 2.18. The monoisotopic (exact) mass is 395 g/mol. The van der Waals surface area contributed by atoms with Crippen molar-refractivity contribution in [3.8, 4) is 22.7 Å². The summed E-state index contributed by atoms with van der Waals surface area (Å²) in [7, 11) is 0. The first-order valence-corrected chi connectivity index (χ1v) is 9.33. The van der Waals surface area contributed by atoms with E-state index in [0.717, 1.165) is 17.7 Å². The molecule has 0 saturated carbocycles. The molecule has 0 bridgehead atoms. The van der Waals surface area contributed by atoms with E-state index in [1.807, 2.05) is 19.1 Å². The van der Waals surface area contributed by atoms with E-state index in [4.69, 9.17) is 4.74 Å². The lowest BCUT2D eigenvalue weighted by molar-refractivity contribution is -0.132. The normalized spacial score (nSPS) is 10.6. The number of nitrogens with one attached hydrogen (secondary N) is 1. The highest BCUT2D eigenvalue weighted by molar-refractivity contribution is 5.89. The first-order valence-electron chi connectivity index (χ1n) is 9.33. The average molecular weight is 395 g/mol. The predicted octanol–water partition coefficient (Wildman–Crippen LogP) is 4.51. The molecule has 2 aromatic carbocycles. The molecule has 1 N–H and O–H groups in total. The summed E-state index contributed by atoms with van der Waals surface area (Å²) >= 11 is 0. The number of esters is 1. The second-order valence-electron chi connectivity index (χ2n) is 6.62. The maximum absolute atomic E-state index is 13.8. The van der Waals surface area contributed by atoms with Crippen molar-refractivity contribution in [2.45, 2.75) is 33.6 Å². The zero-order chi connectivity index (χ0) is 21.0. The SMILES string of the molecule is CCCc1nn(-c2cccc(F)c2)c(OC(C)=O)c1-c1ccc(NC(C)=O)cc1. The standard InChI is InChI=1S/C22H22FN3O3/c1-4-6-20-21(16-9-11-18(12-10-16)24-14(2)27)22(29-15(3)28)26(25-20)19-8-5-7-17(23)13-19/h5,7-13H,4,6H2,1-3H3,(H,24,27). The number of aryl methyl sites for hydroxylation is 1. The van der Waals surface area contributed by atoms with Crippen molar-refractivity contribution >= 4 is 17.6 Å². The zero-order valence-corrected chi connectivity index (χ0v) is 16.5. The second-order valence-corrected chi connectivity index (χ2v) is 6.62. The van der Waals surface area contributed by atoms with E-state index < -0.39 is 11.8 Å². The number of nitrogens with zero attached hydrogens (tertiary/aromatic N) is 2. The summed E-state index contributed by atoms with van der Waals surface area (Å²) in [5.41, 5.74) is 3.30. The molecule has 0 saturated heterocycles. The number of hydrogen-bond acceptors (Lipinski definition) is 4. The van der Waals surface area contributed by atoms with Crippen molar-refractivity contribution in [3.63, 3.8) is 0 Å². The van der Waals surface area contributed by atoms with Gasteiger partial charge in [0.25, 0.3) is 0 Å². The number of ether oxygens (including phenoxy) is 1. The van der Waals surface area contributed by atoms with E-state index in [1.54, 1.807) is 24.3 Å². The van der Waals surface area contributed by atoms with Crippen molar-refractivity contribution in [1.82, 2.24) is 9.78 Å². The van der Waals surface area contributed by atoms with Gasteiger partial charge in [-0.15, -0.1) is 0 Å². The fraction of sp³-hybridized carbons (Fsp3) is 0.227. The molecule has 0 aliphatic heterocycles. The Hall–Kier alpha value is -3.48. The number of halogens is 1. The highest BCUT2D eigenvalue weighted by atomic mass is 19.1. The largest absolute Gasteiger partial charge is 0.407 e. The number of anilines is 1. The van der Waals surface area contributed by atoms with Gasteiger partial charge in [-0.05, 0) is 42.3 Å². The first-order chi connectivity index (χ1) is 13.9. The van der Waals surface area contributed by atoms with Gasteiger partial charge in [-0.2, -0.15) is 9.78 Å². The van der Waals surface area contributed by atoms with E-state index >= 15 is 0 Å². The number of benzene rings is 2. The minimum Gasteiger partial charge on any atom is -0.407 e. The number of hydrogen-bond donors (Lipinski definition) is 1. The van der Waals surface area contributed by atoms with E-state index in [0.29, 0.717) is 23.4 Å². The Kier molecular flexibility index (Phi) is 6.07. The van der Waals surface area contributed by atoms with E-state index in [1.165, 1.54) is 30.7 Å². The van der Waals surface area contributed by atoms with Crippen LogP contribution in [0.1, 0.15) is 32.9 Å². The fourth-order valence-corrected chi connectivity index (χ4v) is 3.08. The molecule has 1 heterocycles. The lowest BCUT2D eigenvalue weighted by atomic mass is 10.0. The van der Waals surface area contributed by atoms with Crippen LogP contribution in [0.15, 0.2) is 48.5 Å². The maximum atomic E-state index is 13.8. The minimum atomic E-state index is -0.498. The van der Waals surface area contributed by atoms with Crippen LogP contribution in [0.4, 0.5) is 10.1 Å². The molecule has 7 heteroatoms. The van der Waals surface area contributed by atoms with Crippen LogP contribution in [0.5, 0.6) is 5.88 Å². The van der Waals surface area contributed by atoms with Gasteiger partial charge in [-0.1, -0.05) is 31.5 Å². The lowest BCUT2D eigenvalue weighted by Gasteiger charge is -2.10. The summed E-state index contributed by atoms with van der Waals surface area (Å²) in [4.78, 5) is 23.1. The number of amides is 1. The third-order valence-corrected chi connectivity index (χ3v) is 4.19. The summed E-state index contributed by atoms with van der Waals surface area (Å²) < 4.78 is 20.8. The Labute approximate surface area is 168 Å². The first kappa shape index (κ1) is 20.3. The van der Waals surface area contributed by atoms with Gasteiger partial charge in [0.2, 0.25) is 11.8 Å². The van der Waals surface area contributed by atoms with E-state index in [2.05, 4.69) is 10.4 Å². The summed E-state index contributed by atoms with van der Waals surface area (Å²) in [6.07, 6.45) is 1.48. The summed E-state index contributed by atoms with van der Waals surface area (Å²) in [5, 5.41) is 7.34. The quantitative estimate of drug-likeness (QED) is 0.623. The van der Waals surface area contributed by atoms with Crippen LogP contribution in [0.2, 0.25) is 0 Å². The van der Waals surface area contributed by atoms with Gasteiger partial charge < -0.3 is 10.1 Å². The van der Waals surface area contributed by atoms with Crippen molar-refractivity contribution in [2.75, 3.05) is 5.32 Å². The van der Waals surface area contributed by atoms with Gasteiger partial charge in [0.1, 0.15) is 5.82 Å². The molecular formula is C22H22FN3O3. The van der Waals surface area contributed by atoms with Gasteiger partial charge in [0.05, 0.1) is 16.9 Å². The van der Waals surface area contributed by atoms with E-state index in [-0.39, 0.29) is 11.8 Å². The molecule has 0 spiro atoms. The zero-order valence-electron chi connectivity index (χ0n) is 16.5. The van der Waals surface area contributed by atoms with Crippen molar-refractivity contribution < 1.29 is 18.7 Å². The minimum absolute atomic E-state index is 0.163. The van der Waals surface area contributed by atoms with Gasteiger partial charge in [0.15, 0.2) is 0 Å². The molecule has 1 aromatic heterocycles. The molecular weight excluding hydrogens is 373 g/mol. The third kappa shape index (κ3) is 4.68. The number of carbonyl (C=O) groups is 2. The van der Waals surface area contributed by atoms with Gasteiger partial charge in [0, 0.05) is 19.5 Å². The van der Waals surface area contributed by atoms with Crippen LogP contribution in [0, 0.1) is 5.82 Å². The predicted molar refractivity (Wildman–Crippen MR) is 109 cm³/mol. The third-order valence-electron chi connectivity index (χ3n) is 4.19. The van der Waals surface area contributed by atoms with Crippen LogP contribution < -0.4 is 10.1 Å². The summed E-state index contributed by atoms with van der Waals surface area (Å²) in [6.45, 7) is 4.78. The van der Waals surface area contributed by atoms with Crippen LogP contribution in [0.25, 0.3) is 16.8 Å². The number of aromatic nitrogens is 2. The molecule has 0 fully saturated rings. The molecule has 3 rings (SSSR count). The molecule has 0 unspecified atom stereocenters. The molecule has 1 amide bonds. The van der Waals surface area contributed by atoms with Gasteiger partial charge in [-0.3, -0.25) is 9.59 Å². The Bertz CT molecular complexity index is 1040. The molecule has 3 aromatic rings. The molecule has 0 aliphatic rings. The van der Waals surface area contributed by atoms with Crippen molar-refractivity contribution in [2.24, 2.45) is 0 Å². The molecule has 0 radical (unpaired) electrons. The highest BCUT2D eigenvalue weighted by Gasteiger charge is 2.23. The summed E-state index contributed by atoms with van der Waals surface area (Å²) in [5.74, 6) is -0.838. The molecule has 0 aliphatic carbocycles. The van der Waals surface area contributed by atoms with Gasteiger partial charge >= 0.3 is 5.97 Å². The summed E-state index contributed by atoms with van der Waals surface area (Å²) in [6, 6.07) is 13.1.